The van der Waals surface area contributed by atoms with Crippen LogP contribution in [0.4, 0.5) is 0 Å². The first-order valence-electron chi connectivity index (χ1n) is 7.10. The van der Waals surface area contributed by atoms with Gasteiger partial charge >= 0.3 is 0 Å². The van der Waals surface area contributed by atoms with Crippen LogP contribution in [0.15, 0.2) is 61.2 Å². The Bertz CT molecular complexity index is 900. The van der Waals surface area contributed by atoms with Crippen molar-refractivity contribution >= 4 is 28.8 Å². The number of carbonyl (C=O) groups is 1. The van der Waals surface area contributed by atoms with Crippen LogP contribution in [0, 0.1) is 0 Å². The van der Waals surface area contributed by atoms with Crippen molar-refractivity contribution in [2.24, 2.45) is 0 Å². The first-order valence-corrected chi connectivity index (χ1v) is 8.65. The smallest absolute Gasteiger partial charge is 0.216 e. The van der Waals surface area contributed by atoms with Crippen molar-refractivity contribution < 1.29 is 4.79 Å². The Morgan fingerprint density at radius 2 is 1.12 bits per heavy atom. The van der Waals surface area contributed by atoms with E-state index < -0.39 is 0 Å². The zero-order chi connectivity index (χ0) is 16.4. The molecule has 24 heavy (non-hydrogen) atoms. The lowest BCUT2D eigenvalue weighted by Gasteiger charge is -1.93. The van der Waals surface area contributed by atoms with E-state index in [9.17, 15) is 4.79 Å². The fourth-order valence-electron chi connectivity index (χ4n) is 2.20. The highest BCUT2D eigenvalue weighted by molar-refractivity contribution is 7.12. The summed E-state index contributed by atoms with van der Waals surface area (Å²) in [4.78, 5) is 21.8. The molecule has 0 spiro atoms. The summed E-state index contributed by atoms with van der Waals surface area (Å²) in [5, 5.41) is 0. The monoisotopic (exact) mass is 350 g/mol. The molecule has 0 saturated carbocycles. The van der Waals surface area contributed by atoms with Gasteiger partial charge in [0.1, 0.15) is 0 Å². The van der Waals surface area contributed by atoms with Gasteiger partial charge in [-0.15, -0.1) is 0 Å². The van der Waals surface area contributed by atoms with Crippen molar-refractivity contribution in [1.29, 1.82) is 0 Å². The molecule has 0 fully saturated rings. The topological polar surface area (TPSA) is 68.6 Å². The Morgan fingerprint density at radius 3 is 1.54 bits per heavy atom. The average molecular weight is 350 g/mol. The Balaban J connectivity index is 1.61. The van der Waals surface area contributed by atoms with Gasteiger partial charge in [0.05, 0.1) is 21.1 Å². The maximum atomic E-state index is 12.7. The molecule has 0 saturated heterocycles. The number of carbonyl (C=O) groups excluding carboxylic acids is 1. The average Bonchev–Trinajstić information content (AvgIpc) is 3.33. The molecule has 0 amide bonds. The van der Waals surface area contributed by atoms with E-state index in [1.54, 1.807) is 24.8 Å². The molecule has 0 aliphatic heterocycles. The zero-order valence-electron chi connectivity index (χ0n) is 12.3. The molecule has 0 bridgehead atoms. The fourth-order valence-corrected chi connectivity index (χ4v) is 3.69. The van der Waals surface area contributed by atoms with Gasteiger partial charge in [0.15, 0.2) is 0 Å². The molecule has 0 atom stereocenters. The predicted octanol–water partition coefficient (Wildman–Crippen LogP) is 3.95. The van der Waals surface area contributed by atoms with Gasteiger partial charge < -0.3 is 0 Å². The number of nitrogens with zero attached hydrogens (tertiary/aromatic N) is 4. The Kier molecular flexibility index (Phi) is 3.94. The number of aromatic nitrogens is 4. The quantitative estimate of drug-likeness (QED) is 0.521. The van der Waals surface area contributed by atoms with E-state index in [-0.39, 0.29) is 5.78 Å². The predicted molar refractivity (Wildman–Crippen MR) is 94.1 cm³/mol. The first kappa shape index (κ1) is 14.8. The third kappa shape index (κ3) is 2.86. The number of pyridine rings is 2. The van der Waals surface area contributed by atoms with Gasteiger partial charge in [-0.05, 0) is 59.5 Å². The minimum absolute atomic E-state index is 0.0504. The lowest BCUT2D eigenvalue weighted by Crippen LogP contribution is -1.94. The molecule has 4 rings (SSSR count). The van der Waals surface area contributed by atoms with E-state index in [1.165, 1.54) is 23.1 Å². The summed E-state index contributed by atoms with van der Waals surface area (Å²) in [7, 11) is 0. The summed E-state index contributed by atoms with van der Waals surface area (Å²) in [6.45, 7) is 0. The molecular weight excluding hydrogens is 340 g/mol. The molecule has 0 N–H and O–H groups in total. The maximum Gasteiger partial charge on any atom is 0.216 e. The molecule has 5 nitrogen and oxygen atoms in total. The van der Waals surface area contributed by atoms with Crippen LogP contribution in [0.3, 0.4) is 0 Å². The van der Waals surface area contributed by atoms with E-state index in [0.717, 1.165) is 22.5 Å². The summed E-state index contributed by atoms with van der Waals surface area (Å²) in [6, 6.07) is 11.1. The van der Waals surface area contributed by atoms with Gasteiger partial charge in [-0.1, -0.05) is 0 Å². The van der Waals surface area contributed by atoms with Gasteiger partial charge in [-0.3, -0.25) is 14.8 Å². The SMILES string of the molecule is O=C(c1cc(-c2ccncc2)ns1)c1cc(-c2ccncc2)ns1. The van der Waals surface area contributed by atoms with Crippen LogP contribution in [0.2, 0.25) is 0 Å². The molecule has 4 aromatic heterocycles. The van der Waals surface area contributed by atoms with Gasteiger partial charge in [-0.25, -0.2) is 0 Å². The van der Waals surface area contributed by atoms with Crippen molar-refractivity contribution in [3.8, 4) is 22.5 Å². The molecule has 0 aliphatic rings. The van der Waals surface area contributed by atoms with Crippen LogP contribution in [0.1, 0.15) is 14.5 Å². The number of hydrogen-bond donors (Lipinski definition) is 0. The number of rotatable bonds is 4. The molecule has 7 heteroatoms. The highest BCUT2D eigenvalue weighted by atomic mass is 32.1. The van der Waals surface area contributed by atoms with Crippen LogP contribution in [-0.2, 0) is 0 Å². The standard InChI is InChI=1S/C17H10N4OS2/c22-17(15-9-13(20-23-15)11-1-5-18-6-2-11)16-10-14(21-24-16)12-3-7-19-8-4-12/h1-10H. The summed E-state index contributed by atoms with van der Waals surface area (Å²) < 4.78 is 8.73. The number of ketones is 1. The highest BCUT2D eigenvalue weighted by Crippen LogP contribution is 2.27. The molecule has 0 unspecified atom stereocenters. The van der Waals surface area contributed by atoms with Gasteiger partial charge in [-0.2, -0.15) is 8.75 Å². The van der Waals surface area contributed by atoms with Crippen LogP contribution in [0.25, 0.3) is 22.5 Å². The molecule has 0 aromatic carbocycles. The van der Waals surface area contributed by atoms with E-state index in [1.807, 2.05) is 36.4 Å². The van der Waals surface area contributed by atoms with Crippen LogP contribution >= 0.6 is 23.1 Å². The van der Waals surface area contributed by atoms with Crippen LogP contribution < -0.4 is 0 Å². The van der Waals surface area contributed by atoms with Crippen molar-refractivity contribution in [3.05, 3.63) is 70.9 Å². The fraction of sp³-hybridized carbons (Fsp3) is 0. The zero-order valence-corrected chi connectivity index (χ0v) is 13.9. The van der Waals surface area contributed by atoms with Gasteiger partial charge in [0.2, 0.25) is 5.78 Å². The molecular formula is C17H10N4OS2. The second-order valence-corrected chi connectivity index (χ2v) is 6.56. The van der Waals surface area contributed by atoms with Gasteiger partial charge in [0.25, 0.3) is 0 Å². The highest BCUT2D eigenvalue weighted by Gasteiger charge is 2.17. The molecule has 116 valence electrons. The largest absolute Gasteiger partial charge is 0.287 e. The summed E-state index contributed by atoms with van der Waals surface area (Å²) in [6.07, 6.45) is 6.83. The Labute approximate surface area is 146 Å². The molecule has 4 heterocycles. The van der Waals surface area contributed by atoms with Crippen LogP contribution in [0.5, 0.6) is 0 Å². The molecule has 0 radical (unpaired) electrons. The number of hydrogen-bond acceptors (Lipinski definition) is 7. The molecule has 4 aromatic rings. The van der Waals surface area contributed by atoms with E-state index in [4.69, 9.17) is 0 Å². The third-order valence-electron chi connectivity index (χ3n) is 3.42. The van der Waals surface area contributed by atoms with Crippen molar-refractivity contribution in [2.75, 3.05) is 0 Å². The van der Waals surface area contributed by atoms with E-state index in [2.05, 4.69) is 18.7 Å². The minimum Gasteiger partial charge on any atom is -0.287 e. The van der Waals surface area contributed by atoms with Crippen LogP contribution in [-0.4, -0.2) is 24.5 Å². The summed E-state index contributed by atoms with van der Waals surface area (Å²) in [5.74, 6) is -0.0504. The first-order chi connectivity index (χ1) is 11.8. The van der Waals surface area contributed by atoms with Gasteiger partial charge in [0, 0.05) is 35.9 Å². The third-order valence-corrected chi connectivity index (χ3v) is 5.00. The molecule has 0 aliphatic carbocycles. The lowest BCUT2D eigenvalue weighted by molar-refractivity contribution is 0.104. The summed E-state index contributed by atoms with van der Waals surface area (Å²) >= 11 is 2.40. The van der Waals surface area contributed by atoms with Crippen molar-refractivity contribution in [3.63, 3.8) is 0 Å². The van der Waals surface area contributed by atoms with Crippen molar-refractivity contribution in [2.45, 2.75) is 0 Å². The Hall–Kier alpha value is -2.77. The normalized spacial score (nSPS) is 10.7. The minimum atomic E-state index is -0.0504. The summed E-state index contributed by atoms with van der Waals surface area (Å²) in [5.41, 5.74) is 3.46. The van der Waals surface area contributed by atoms with E-state index >= 15 is 0 Å². The van der Waals surface area contributed by atoms with Crippen molar-refractivity contribution in [1.82, 2.24) is 18.7 Å². The second-order valence-electron chi connectivity index (χ2n) is 4.95. The Morgan fingerprint density at radius 1 is 0.708 bits per heavy atom. The second kappa shape index (κ2) is 6.38. The lowest BCUT2D eigenvalue weighted by atomic mass is 10.1. The van der Waals surface area contributed by atoms with E-state index in [0.29, 0.717) is 9.75 Å². The maximum absolute atomic E-state index is 12.7.